The van der Waals surface area contributed by atoms with Crippen molar-refractivity contribution in [3.63, 3.8) is 0 Å². The highest BCUT2D eigenvalue weighted by molar-refractivity contribution is 6.04. The summed E-state index contributed by atoms with van der Waals surface area (Å²) in [5.41, 5.74) is 2.10. The second-order valence-electron chi connectivity index (χ2n) is 5.85. The maximum absolute atomic E-state index is 13.7. The number of carbonyl (C=O) groups is 1. The van der Waals surface area contributed by atoms with Crippen molar-refractivity contribution in [1.82, 2.24) is 9.97 Å². The first-order valence-electron chi connectivity index (χ1n) is 7.97. The topological polar surface area (TPSA) is 66.9 Å². The van der Waals surface area contributed by atoms with Crippen molar-refractivity contribution >= 4 is 23.2 Å². The first-order chi connectivity index (χ1) is 12.8. The molecule has 3 rings (SSSR count). The summed E-state index contributed by atoms with van der Waals surface area (Å²) in [6.45, 7) is 3.71. The number of nitrogens with zero attached hydrogens (tertiary/aromatic N) is 2. The third kappa shape index (κ3) is 4.22. The van der Waals surface area contributed by atoms with E-state index in [1.165, 1.54) is 0 Å². The predicted octanol–water partition coefficient (Wildman–Crippen LogP) is 4.51. The van der Waals surface area contributed by atoms with E-state index in [2.05, 4.69) is 20.6 Å². The van der Waals surface area contributed by atoms with Gasteiger partial charge in [0.15, 0.2) is 17.5 Å². The predicted molar refractivity (Wildman–Crippen MR) is 95.5 cm³/mol. The first-order valence-corrected chi connectivity index (χ1v) is 7.97. The van der Waals surface area contributed by atoms with Gasteiger partial charge in [-0.3, -0.25) is 4.79 Å². The molecule has 0 aliphatic heterocycles. The SMILES string of the molecule is Cc1cc(C)nc(Nc2ccc(NC(=O)c3ccc(F)c(F)c3F)cc2)n1. The van der Waals surface area contributed by atoms with Gasteiger partial charge in [0.1, 0.15) is 0 Å². The molecule has 2 N–H and O–H groups in total. The molecule has 0 saturated heterocycles. The van der Waals surface area contributed by atoms with Gasteiger partial charge in [-0.2, -0.15) is 0 Å². The molecular formula is C19H15F3N4O. The van der Waals surface area contributed by atoms with Crippen molar-refractivity contribution in [3.8, 4) is 0 Å². The summed E-state index contributed by atoms with van der Waals surface area (Å²) in [6.07, 6.45) is 0. The minimum Gasteiger partial charge on any atom is -0.324 e. The van der Waals surface area contributed by atoms with Crippen LogP contribution in [-0.4, -0.2) is 15.9 Å². The minimum atomic E-state index is -1.68. The number of nitrogens with one attached hydrogen (secondary N) is 2. The van der Waals surface area contributed by atoms with Crippen molar-refractivity contribution in [2.75, 3.05) is 10.6 Å². The second-order valence-corrected chi connectivity index (χ2v) is 5.85. The van der Waals surface area contributed by atoms with Gasteiger partial charge in [-0.15, -0.1) is 0 Å². The van der Waals surface area contributed by atoms with E-state index in [0.717, 1.165) is 17.5 Å². The molecule has 1 amide bonds. The fourth-order valence-electron chi connectivity index (χ4n) is 2.45. The Bertz CT molecular complexity index is 986. The molecule has 27 heavy (non-hydrogen) atoms. The fraction of sp³-hybridized carbons (Fsp3) is 0.105. The number of rotatable bonds is 4. The zero-order valence-electron chi connectivity index (χ0n) is 14.5. The van der Waals surface area contributed by atoms with Crippen molar-refractivity contribution in [2.24, 2.45) is 0 Å². The van der Waals surface area contributed by atoms with Gasteiger partial charge in [0.2, 0.25) is 5.95 Å². The van der Waals surface area contributed by atoms with Crippen LogP contribution in [0.15, 0.2) is 42.5 Å². The van der Waals surface area contributed by atoms with E-state index in [4.69, 9.17) is 0 Å². The molecule has 0 atom stereocenters. The molecule has 2 aromatic carbocycles. The highest BCUT2D eigenvalue weighted by Gasteiger charge is 2.18. The second kappa shape index (κ2) is 7.45. The maximum Gasteiger partial charge on any atom is 0.258 e. The number of halogens is 3. The summed E-state index contributed by atoms with van der Waals surface area (Å²) in [6, 6.07) is 9.90. The van der Waals surface area contributed by atoms with Crippen LogP contribution in [-0.2, 0) is 0 Å². The fourth-order valence-corrected chi connectivity index (χ4v) is 2.45. The van der Waals surface area contributed by atoms with Crippen molar-refractivity contribution in [3.05, 3.63) is 76.9 Å². The molecule has 0 unspecified atom stereocenters. The van der Waals surface area contributed by atoms with E-state index in [0.29, 0.717) is 23.4 Å². The standard InChI is InChI=1S/C19H15F3N4O/c1-10-9-11(2)24-19(23-10)26-13-5-3-12(4-6-13)25-18(27)14-7-8-15(20)17(22)16(14)21/h3-9H,1-2H3,(H,25,27)(H,23,24,26). The lowest BCUT2D eigenvalue weighted by Gasteiger charge is -2.09. The molecular weight excluding hydrogens is 357 g/mol. The van der Waals surface area contributed by atoms with Gasteiger partial charge in [-0.25, -0.2) is 23.1 Å². The van der Waals surface area contributed by atoms with Crippen LogP contribution < -0.4 is 10.6 Å². The van der Waals surface area contributed by atoms with Crippen molar-refractivity contribution in [2.45, 2.75) is 13.8 Å². The lowest BCUT2D eigenvalue weighted by molar-refractivity contribution is 0.102. The van der Waals surface area contributed by atoms with Gasteiger partial charge in [0.25, 0.3) is 5.91 Å². The Morgan fingerprint density at radius 3 is 2.07 bits per heavy atom. The molecule has 0 fully saturated rings. The Balaban J connectivity index is 1.72. The summed E-state index contributed by atoms with van der Waals surface area (Å²) in [5.74, 6) is -5.01. The third-order valence-corrected chi connectivity index (χ3v) is 3.66. The van der Waals surface area contributed by atoms with Gasteiger partial charge < -0.3 is 10.6 Å². The highest BCUT2D eigenvalue weighted by Crippen LogP contribution is 2.20. The average Bonchev–Trinajstić information content (AvgIpc) is 2.60. The largest absolute Gasteiger partial charge is 0.324 e. The average molecular weight is 372 g/mol. The molecule has 5 nitrogen and oxygen atoms in total. The molecule has 3 aromatic rings. The summed E-state index contributed by atoms with van der Waals surface area (Å²) >= 11 is 0. The quantitative estimate of drug-likeness (QED) is 0.662. The van der Waals surface area contributed by atoms with Crippen molar-refractivity contribution in [1.29, 1.82) is 0 Å². The number of hydrogen-bond donors (Lipinski definition) is 2. The number of aryl methyl sites for hydroxylation is 2. The Kier molecular flexibility index (Phi) is 5.07. The molecule has 8 heteroatoms. The van der Waals surface area contributed by atoms with E-state index >= 15 is 0 Å². The third-order valence-electron chi connectivity index (χ3n) is 3.66. The van der Waals surface area contributed by atoms with Crippen LogP contribution in [0.1, 0.15) is 21.7 Å². The molecule has 0 saturated carbocycles. The zero-order valence-corrected chi connectivity index (χ0v) is 14.5. The molecule has 0 aliphatic carbocycles. The van der Waals surface area contributed by atoms with Gasteiger partial charge in [0, 0.05) is 22.8 Å². The number of anilines is 3. The Hall–Kier alpha value is -3.42. The first kappa shape index (κ1) is 18.4. The Morgan fingerprint density at radius 2 is 1.44 bits per heavy atom. The molecule has 0 spiro atoms. The van der Waals surface area contributed by atoms with Gasteiger partial charge in [-0.1, -0.05) is 0 Å². The maximum atomic E-state index is 13.7. The number of benzene rings is 2. The Morgan fingerprint density at radius 1 is 0.852 bits per heavy atom. The molecule has 1 heterocycles. The molecule has 1 aromatic heterocycles. The van der Waals surface area contributed by atoms with Crippen LogP contribution in [0.5, 0.6) is 0 Å². The van der Waals surface area contributed by atoms with E-state index in [1.807, 2.05) is 19.9 Å². The lowest BCUT2D eigenvalue weighted by atomic mass is 10.1. The van der Waals surface area contributed by atoms with Crippen LogP contribution in [0.25, 0.3) is 0 Å². The van der Waals surface area contributed by atoms with Crippen LogP contribution in [0.3, 0.4) is 0 Å². The molecule has 0 aliphatic rings. The van der Waals surface area contributed by atoms with Crippen LogP contribution in [0, 0.1) is 31.3 Å². The van der Waals surface area contributed by atoms with Gasteiger partial charge in [0.05, 0.1) is 5.56 Å². The number of hydrogen-bond acceptors (Lipinski definition) is 4. The van der Waals surface area contributed by atoms with Crippen molar-refractivity contribution < 1.29 is 18.0 Å². The van der Waals surface area contributed by atoms with E-state index in [1.54, 1.807) is 24.3 Å². The summed E-state index contributed by atoms with van der Waals surface area (Å²) in [7, 11) is 0. The van der Waals surface area contributed by atoms with E-state index < -0.39 is 28.9 Å². The normalized spacial score (nSPS) is 10.6. The summed E-state index contributed by atoms with van der Waals surface area (Å²) in [5, 5.41) is 5.46. The monoisotopic (exact) mass is 372 g/mol. The van der Waals surface area contributed by atoms with Gasteiger partial charge in [-0.05, 0) is 56.3 Å². The number of aromatic nitrogens is 2. The number of carbonyl (C=O) groups excluding carboxylic acids is 1. The van der Waals surface area contributed by atoms with E-state index in [9.17, 15) is 18.0 Å². The minimum absolute atomic E-state index is 0.357. The summed E-state index contributed by atoms with van der Waals surface area (Å²) in [4.78, 5) is 20.6. The zero-order chi connectivity index (χ0) is 19.6. The lowest BCUT2D eigenvalue weighted by Crippen LogP contribution is -2.15. The molecule has 138 valence electrons. The summed E-state index contributed by atoms with van der Waals surface area (Å²) < 4.78 is 39.9. The van der Waals surface area contributed by atoms with Crippen LogP contribution in [0.4, 0.5) is 30.5 Å². The van der Waals surface area contributed by atoms with Crippen LogP contribution >= 0.6 is 0 Å². The Labute approximate surface area is 153 Å². The van der Waals surface area contributed by atoms with Crippen LogP contribution in [0.2, 0.25) is 0 Å². The molecule has 0 bridgehead atoms. The van der Waals surface area contributed by atoms with Gasteiger partial charge >= 0.3 is 0 Å². The smallest absolute Gasteiger partial charge is 0.258 e. The molecule has 0 radical (unpaired) electrons. The van der Waals surface area contributed by atoms with E-state index in [-0.39, 0.29) is 0 Å². The highest BCUT2D eigenvalue weighted by atomic mass is 19.2. The number of amides is 1.